The molecule has 2 aromatic carbocycles. The molecule has 0 aliphatic heterocycles. The minimum atomic E-state index is -0.490. The summed E-state index contributed by atoms with van der Waals surface area (Å²) in [6.45, 7) is 0. The van der Waals surface area contributed by atoms with Crippen molar-refractivity contribution in [3.05, 3.63) is 62.3 Å². The fourth-order valence-corrected chi connectivity index (χ4v) is 2.20. The number of nitrogens with one attached hydrogen (secondary N) is 1. The Balaban J connectivity index is 2.23. The predicted molar refractivity (Wildman–Crippen MR) is 78.5 cm³/mol. The molecular weight excluding hydrogens is 356 g/mol. The van der Waals surface area contributed by atoms with Crippen LogP contribution in [0.2, 0.25) is 10.0 Å². The van der Waals surface area contributed by atoms with Gasteiger partial charge in [0.1, 0.15) is 5.82 Å². The first-order chi connectivity index (χ1) is 8.97. The fraction of sp³-hybridized carbons (Fsp3) is 0. The lowest BCUT2D eigenvalue weighted by Gasteiger charge is -2.07. The molecule has 2 nitrogen and oxygen atoms in total. The zero-order valence-corrected chi connectivity index (χ0v) is 12.5. The van der Waals surface area contributed by atoms with Crippen molar-refractivity contribution >= 4 is 50.7 Å². The molecule has 0 heterocycles. The number of carbonyl (C=O) groups is 1. The van der Waals surface area contributed by atoms with Gasteiger partial charge in [0.2, 0.25) is 0 Å². The van der Waals surface area contributed by atoms with E-state index in [0.717, 1.165) is 6.07 Å². The van der Waals surface area contributed by atoms with Crippen molar-refractivity contribution in [1.29, 1.82) is 0 Å². The lowest BCUT2D eigenvalue weighted by molar-refractivity contribution is 0.102. The maximum atomic E-state index is 12.9. The highest BCUT2D eigenvalue weighted by Crippen LogP contribution is 2.26. The van der Waals surface area contributed by atoms with Crippen LogP contribution in [0, 0.1) is 5.82 Å². The summed E-state index contributed by atoms with van der Waals surface area (Å²) in [4.78, 5) is 12.0. The van der Waals surface area contributed by atoms with Gasteiger partial charge in [0.05, 0.1) is 15.6 Å². The molecule has 0 spiro atoms. The molecule has 2 aromatic rings. The smallest absolute Gasteiger partial charge is 0.257 e. The minimum Gasteiger partial charge on any atom is -0.322 e. The Bertz CT molecular complexity index is 649. The summed E-state index contributed by atoms with van der Waals surface area (Å²) in [6.07, 6.45) is 0. The van der Waals surface area contributed by atoms with Gasteiger partial charge < -0.3 is 5.32 Å². The summed E-state index contributed by atoms with van der Waals surface area (Å²) in [5.74, 6) is -0.907. The third-order valence-electron chi connectivity index (χ3n) is 2.35. The average molecular weight is 363 g/mol. The zero-order chi connectivity index (χ0) is 14.0. The Morgan fingerprint density at radius 2 is 1.84 bits per heavy atom. The topological polar surface area (TPSA) is 29.1 Å². The molecule has 0 saturated carbocycles. The zero-order valence-electron chi connectivity index (χ0n) is 9.38. The van der Waals surface area contributed by atoms with Crippen molar-refractivity contribution in [3.8, 4) is 0 Å². The Kier molecular flexibility index (Phi) is 4.45. The molecule has 0 fully saturated rings. The van der Waals surface area contributed by atoms with Crippen LogP contribution in [0.5, 0.6) is 0 Å². The van der Waals surface area contributed by atoms with Crippen LogP contribution >= 0.6 is 39.1 Å². The molecule has 0 bridgehead atoms. The molecule has 98 valence electrons. The van der Waals surface area contributed by atoms with E-state index < -0.39 is 11.7 Å². The van der Waals surface area contributed by atoms with E-state index >= 15 is 0 Å². The number of hydrogen-bond donors (Lipinski definition) is 1. The molecule has 6 heteroatoms. The van der Waals surface area contributed by atoms with E-state index in [2.05, 4.69) is 21.2 Å². The monoisotopic (exact) mass is 361 g/mol. The number of anilines is 1. The summed E-state index contributed by atoms with van der Waals surface area (Å²) >= 11 is 14.9. The van der Waals surface area contributed by atoms with Crippen molar-refractivity contribution in [2.75, 3.05) is 5.32 Å². The van der Waals surface area contributed by atoms with Crippen LogP contribution in [0.1, 0.15) is 10.4 Å². The molecule has 1 amide bonds. The highest BCUT2D eigenvalue weighted by Gasteiger charge is 2.11. The van der Waals surface area contributed by atoms with Gasteiger partial charge in [-0.3, -0.25) is 4.79 Å². The Labute approximate surface area is 127 Å². The first-order valence-electron chi connectivity index (χ1n) is 5.19. The fourth-order valence-electron chi connectivity index (χ4n) is 1.45. The maximum absolute atomic E-state index is 12.9. The summed E-state index contributed by atoms with van der Waals surface area (Å²) in [5.41, 5.74) is 0.760. The lowest BCUT2D eigenvalue weighted by atomic mass is 10.2. The second-order valence-electron chi connectivity index (χ2n) is 3.71. The van der Waals surface area contributed by atoms with E-state index in [1.807, 2.05) is 0 Å². The van der Waals surface area contributed by atoms with E-state index in [-0.39, 0.29) is 10.6 Å². The second-order valence-corrected chi connectivity index (χ2v) is 5.38. The lowest BCUT2D eigenvalue weighted by Crippen LogP contribution is -2.12. The Morgan fingerprint density at radius 1 is 1.11 bits per heavy atom. The van der Waals surface area contributed by atoms with Gasteiger partial charge in [-0.15, -0.1) is 0 Å². The van der Waals surface area contributed by atoms with E-state index in [0.29, 0.717) is 15.2 Å². The largest absolute Gasteiger partial charge is 0.322 e. The second kappa shape index (κ2) is 5.90. The summed E-state index contributed by atoms with van der Waals surface area (Å²) < 4.78 is 13.6. The molecule has 19 heavy (non-hydrogen) atoms. The van der Waals surface area contributed by atoms with E-state index in [4.69, 9.17) is 23.2 Å². The molecule has 0 aromatic heterocycles. The highest BCUT2D eigenvalue weighted by atomic mass is 79.9. The van der Waals surface area contributed by atoms with Crippen molar-refractivity contribution in [2.24, 2.45) is 0 Å². The molecule has 0 saturated heterocycles. The van der Waals surface area contributed by atoms with E-state index in [1.165, 1.54) is 12.1 Å². The molecule has 0 aliphatic rings. The third kappa shape index (κ3) is 3.47. The summed E-state index contributed by atoms with van der Waals surface area (Å²) in [6, 6.07) is 8.57. The van der Waals surface area contributed by atoms with Crippen LogP contribution in [-0.2, 0) is 0 Å². The van der Waals surface area contributed by atoms with Crippen molar-refractivity contribution < 1.29 is 9.18 Å². The van der Waals surface area contributed by atoms with Crippen LogP contribution in [0.25, 0.3) is 0 Å². The molecule has 0 unspecified atom stereocenters. The van der Waals surface area contributed by atoms with Gasteiger partial charge >= 0.3 is 0 Å². The first kappa shape index (κ1) is 14.3. The molecular formula is C13H7BrCl2FNO. The van der Waals surface area contributed by atoms with Crippen molar-refractivity contribution in [2.45, 2.75) is 0 Å². The minimum absolute atomic E-state index is 0.0607. The Hall–Kier alpha value is -1.10. The number of carbonyl (C=O) groups excluding carboxylic acids is 1. The van der Waals surface area contributed by atoms with Gasteiger partial charge in [-0.05, 0) is 52.3 Å². The van der Waals surface area contributed by atoms with E-state index in [1.54, 1.807) is 18.2 Å². The third-order valence-corrected chi connectivity index (χ3v) is 3.88. The number of amides is 1. The van der Waals surface area contributed by atoms with Crippen LogP contribution in [0.3, 0.4) is 0 Å². The van der Waals surface area contributed by atoms with Crippen LogP contribution in [-0.4, -0.2) is 5.91 Å². The number of rotatable bonds is 2. The van der Waals surface area contributed by atoms with Crippen molar-refractivity contribution in [3.63, 3.8) is 0 Å². The van der Waals surface area contributed by atoms with Gasteiger partial charge in [0, 0.05) is 10.2 Å². The number of hydrogen-bond acceptors (Lipinski definition) is 1. The predicted octanol–water partition coefficient (Wildman–Crippen LogP) is 5.15. The Morgan fingerprint density at radius 3 is 2.47 bits per heavy atom. The van der Waals surface area contributed by atoms with Gasteiger partial charge in [0.15, 0.2) is 0 Å². The molecule has 2 rings (SSSR count). The molecule has 1 N–H and O–H groups in total. The summed E-state index contributed by atoms with van der Waals surface area (Å²) in [5, 5.41) is 3.25. The first-order valence-corrected chi connectivity index (χ1v) is 6.74. The van der Waals surface area contributed by atoms with Gasteiger partial charge in [-0.1, -0.05) is 23.2 Å². The average Bonchev–Trinajstić information content (AvgIpc) is 2.33. The maximum Gasteiger partial charge on any atom is 0.257 e. The SMILES string of the molecule is O=C(Nc1ccc(Cl)c(Br)c1)c1ccc(F)cc1Cl. The molecule has 0 radical (unpaired) electrons. The van der Waals surface area contributed by atoms with Crippen LogP contribution in [0.15, 0.2) is 40.9 Å². The molecule has 0 atom stereocenters. The van der Waals surface area contributed by atoms with Crippen molar-refractivity contribution in [1.82, 2.24) is 0 Å². The van der Waals surface area contributed by atoms with E-state index in [9.17, 15) is 9.18 Å². The number of halogens is 4. The normalized spacial score (nSPS) is 10.3. The molecule has 0 aliphatic carbocycles. The standard InChI is InChI=1S/C13H7BrCl2FNO/c14-10-6-8(2-4-11(10)15)18-13(19)9-3-1-7(17)5-12(9)16/h1-6H,(H,18,19). The van der Waals surface area contributed by atoms with Crippen LogP contribution < -0.4 is 5.32 Å². The van der Waals surface area contributed by atoms with Gasteiger partial charge in [-0.2, -0.15) is 0 Å². The van der Waals surface area contributed by atoms with Gasteiger partial charge in [-0.25, -0.2) is 4.39 Å². The van der Waals surface area contributed by atoms with Gasteiger partial charge in [0.25, 0.3) is 5.91 Å². The quantitative estimate of drug-likeness (QED) is 0.786. The number of benzene rings is 2. The summed E-state index contributed by atoms with van der Waals surface area (Å²) in [7, 11) is 0. The van der Waals surface area contributed by atoms with Crippen LogP contribution in [0.4, 0.5) is 10.1 Å². The highest BCUT2D eigenvalue weighted by molar-refractivity contribution is 9.10.